The van der Waals surface area contributed by atoms with Crippen molar-refractivity contribution in [2.24, 2.45) is 0 Å². The number of hydrogen-bond acceptors (Lipinski definition) is 5. The van der Waals surface area contributed by atoms with E-state index in [0.717, 1.165) is 12.0 Å². The van der Waals surface area contributed by atoms with E-state index in [2.05, 4.69) is 11.9 Å². The summed E-state index contributed by atoms with van der Waals surface area (Å²) in [5.74, 6) is 1.12. The number of hydrogen-bond donors (Lipinski definition) is 1. The molecule has 1 aromatic carbocycles. The van der Waals surface area contributed by atoms with Gasteiger partial charge in [-0.1, -0.05) is 12.1 Å². The van der Waals surface area contributed by atoms with Crippen LogP contribution in [0.15, 0.2) is 30.9 Å². The molecule has 2 unspecified atom stereocenters. The lowest BCUT2D eigenvalue weighted by Crippen LogP contribution is -2.31. The number of carbonyl (C=O) groups is 1. The van der Waals surface area contributed by atoms with E-state index in [0.29, 0.717) is 24.5 Å². The Balaban J connectivity index is 2.03. The van der Waals surface area contributed by atoms with Crippen LogP contribution in [-0.4, -0.2) is 38.9 Å². The summed E-state index contributed by atoms with van der Waals surface area (Å²) in [5.41, 5.74) is 1.12. The average Bonchev–Trinajstić information content (AvgIpc) is 2.96. The molecule has 1 saturated heterocycles. The minimum atomic E-state index is -0.300. The maximum Gasteiger partial charge on any atom is 0.323 e. The Morgan fingerprint density at radius 1 is 1.43 bits per heavy atom. The number of ether oxygens (including phenoxy) is 3. The molecule has 5 nitrogen and oxygen atoms in total. The van der Waals surface area contributed by atoms with Crippen LogP contribution < -0.4 is 14.8 Å². The molecule has 2 rings (SSSR count). The van der Waals surface area contributed by atoms with Gasteiger partial charge in [-0.05, 0) is 24.1 Å². The molecule has 5 heteroatoms. The first kappa shape index (κ1) is 15.4. The third-order valence-electron chi connectivity index (χ3n) is 3.48. The molecule has 1 heterocycles. The van der Waals surface area contributed by atoms with Crippen molar-refractivity contribution in [2.45, 2.75) is 25.0 Å². The number of methoxy groups -OCH3 is 2. The molecule has 0 saturated carbocycles. The van der Waals surface area contributed by atoms with Crippen molar-refractivity contribution in [1.29, 1.82) is 0 Å². The van der Waals surface area contributed by atoms with Gasteiger partial charge in [0.15, 0.2) is 11.5 Å². The molecule has 0 amide bonds. The van der Waals surface area contributed by atoms with E-state index in [4.69, 9.17) is 14.2 Å². The van der Waals surface area contributed by atoms with Gasteiger partial charge in [-0.2, -0.15) is 0 Å². The van der Waals surface area contributed by atoms with Gasteiger partial charge < -0.3 is 19.5 Å². The molecule has 1 aliphatic heterocycles. The van der Waals surface area contributed by atoms with E-state index >= 15 is 0 Å². The third-order valence-corrected chi connectivity index (χ3v) is 3.48. The number of allylic oxidation sites excluding steroid dienone is 1. The lowest BCUT2D eigenvalue weighted by Gasteiger charge is -2.16. The summed E-state index contributed by atoms with van der Waals surface area (Å²) >= 11 is 0. The molecular weight excluding hydrogens is 270 g/mol. The van der Waals surface area contributed by atoms with Crippen LogP contribution in [0.5, 0.6) is 11.5 Å². The zero-order chi connectivity index (χ0) is 15.2. The Hall–Kier alpha value is -2.01. The van der Waals surface area contributed by atoms with Crippen LogP contribution in [0.2, 0.25) is 0 Å². The van der Waals surface area contributed by atoms with Crippen molar-refractivity contribution in [3.63, 3.8) is 0 Å². The van der Waals surface area contributed by atoms with Gasteiger partial charge in [0.05, 0.1) is 14.2 Å². The smallest absolute Gasteiger partial charge is 0.323 e. The normalized spacial score (nSPS) is 20.9. The first-order valence-corrected chi connectivity index (χ1v) is 6.93. The second-order valence-electron chi connectivity index (χ2n) is 4.94. The van der Waals surface area contributed by atoms with Crippen molar-refractivity contribution < 1.29 is 19.0 Å². The number of carbonyl (C=O) groups excluding carboxylic acids is 1. The Bertz CT molecular complexity index is 515. The number of nitrogens with one attached hydrogen (secondary N) is 1. The quantitative estimate of drug-likeness (QED) is 0.638. The summed E-state index contributed by atoms with van der Waals surface area (Å²) in [5, 5.41) is 3.09. The van der Waals surface area contributed by atoms with Crippen molar-refractivity contribution in [3.05, 3.63) is 36.4 Å². The lowest BCUT2D eigenvalue weighted by molar-refractivity contribution is -0.142. The van der Waals surface area contributed by atoms with Crippen LogP contribution in [0.25, 0.3) is 0 Å². The Morgan fingerprint density at radius 2 is 2.24 bits per heavy atom. The Morgan fingerprint density at radius 3 is 2.90 bits per heavy atom. The second-order valence-corrected chi connectivity index (χ2v) is 4.94. The van der Waals surface area contributed by atoms with Crippen LogP contribution in [0.1, 0.15) is 12.0 Å². The molecule has 2 atom stereocenters. The van der Waals surface area contributed by atoms with Crippen molar-refractivity contribution in [3.8, 4) is 11.5 Å². The second kappa shape index (κ2) is 7.13. The molecule has 114 valence electrons. The first-order chi connectivity index (χ1) is 10.2. The molecule has 21 heavy (non-hydrogen) atoms. The molecule has 1 fully saturated rings. The van der Waals surface area contributed by atoms with Gasteiger partial charge in [0.25, 0.3) is 0 Å². The lowest BCUT2D eigenvalue weighted by atomic mass is 10.1. The van der Waals surface area contributed by atoms with Crippen LogP contribution in [-0.2, 0) is 16.0 Å². The summed E-state index contributed by atoms with van der Waals surface area (Å²) < 4.78 is 16.0. The third kappa shape index (κ3) is 3.76. The predicted molar refractivity (Wildman–Crippen MR) is 79.7 cm³/mol. The highest BCUT2D eigenvalue weighted by molar-refractivity contribution is 5.76. The van der Waals surface area contributed by atoms with Gasteiger partial charge in [-0.15, -0.1) is 6.58 Å². The molecule has 1 aliphatic rings. The van der Waals surface area contributed by atoms with Gasteiger partial charge in [0, 0.05) is 13.0 Å². The Kier molecular flexibility index (Phi) is 5.22. The maximum atomic E-state index is 11.5. The highest BCUT2D eigenvalue weighted by Crippen LogP contribution is 2.30. The summed E-state index contributed by atoms with van der Waals surface area (Å²) in [6.45, 7) is 4.33. The van der Waals surface area contributed by atoms with Gasteiger partial charge in [-0.25, -0.2) is 0 Å². The van der Waals surface area contributed by atoms with Crippen LogP contribution in [0.4, 0.5) is 0 Å². The molecule has 1 N–H and O–H groups in total. The summed E-state index contributed by atoms with van der Waals surface area (Å²) in [7, 11) is 3.00. The number of esters is 1. The minimum Gasteiger partial charge on any atom is -0.493 e. The van der Waals surface area contributed by atoms with E-state index < -0.39 is 0 Å². The molecular formula is C16H21NO4. The van der Waals surface area contributed by atoms with Crippen molar-refractivity contribution in [2.75, 3.05) is 20.8 Å². The molecule has 0 aliphatic carbocycles. The maximum absolute atomic E-state index is 11.5. The average molecular weight is 291 g/mol. The molecule has 0 bridgehead atoms. The van der Waals surface area contributed by atoms with Crippen molar-refractivity contribution >= 4 is 5.97 Å². The molecule has 0 radical (unpaired) electrons. The number of benzene rings is 1. The van der Waals surface area contributed by atoms with Crippen LogP contribution >= 0.6 is 0 Å². The van der Waals surface area contributed by atoms with E-state index in [1.54, 1.807) is 7.11 Å². The highest BCUT2D eigenvalue weighted by atomic mass is 16.5. The predicted octanol–water partition coefficient (Wildman–Crippen LogP) is 1.71. The highest BCUT2D eigenvalue weighted by Gasteiger charge is 2.31. The molecule has 0 aromatic heterocycles. The SMILES string of the molecule is C=CCc1ccc(OC2CNC(C(=O)OC)C2)c(OC)c1. The fourth-order valence-corrected chi connectivity index (χ4v) is 2.40. The topological polar surface area (TPSA) is 56.8 Å². The summed E-state index contributed by atoms with van der Waals surface area (Å²) in [6.07, 6.45) is 3.14. The monoisotopic (exact) mass is 291 g/mol. The number of rotatable bonds is 6. The van der Waals surface area contributed by atoms with E-state index in [9.17, 15) is 4.79 Å². The van der Waals surface area contributed by atoms with Crippen LogP contribution in [0.3, 0.4) is 0 Å². The zero-order valence-corrected chi connectivity index (χ0v) is 12.4. The van der Waals surface area contributed by atoms with Gasteiger partial charge in [0.1, 0.15) is 12.1 Å². The van der Waals surface area contributed by atoms with E-state index in [-0.39, 0.29) is 18.1 Å². The zero-order valence-electron chi connectivity index (χ0n) is 12.4. The largest absolute Gasteiger partial charge is 0.493 e. The van der Waals surface area contributed by atoms with Crippen LogP contribution in [0, 0.1) is 0 Å². The molecule has 1 aromatic rings. The molecule has 0 spiro atoms. The van der Waals surface area contributed by atoms with E-state index in [1.807, 2.05) is 24.3 Å². The van der Waals surface area contributed by atoms with Gasteiger partial charge in [-0.3, -0.25) is 4.79 Å². The van der Waals surface area contributed by atoms with Gasteiger partial charge >= 0.3 is 5.97 Å². The Labute approximate surface area is 124 Å². The fourth-order valence-electron chi connectivity index (χ4n) is 2.40. The fraction of sp³-hybridized carbons (Fsp3) is 0.438. The van der Waals surface area contributed by atoms with E-state index in [1.165, 1.54) is 7.11 Å². The van der Waals surface area contributed by atoms with Gasteiger partial charge in [0.2, 0.25) is 0 Å². The standard InChI is InChI=1S/C16H21NO4/c1-4-5-11-6-7-14(15(8-11)19-2)21-12-9-13(17-10-12)16(18)20-3/h4,6-8,12-13,17H,1,5,9-10H2,2-3H3. The summed E-state index contributed by atoms with van der Waals surface area (Å²) in [4.78, 5) is 11.5. The first-order valence-electron chi connectivity index (χ1n) is 6.93. The van der Waals surface area contributed by atoms with Crippen molar-refractivity contribution in [1.82, 2.24) is 5.32 Å². The summed E-state index contributed by atoms with van der Waals surface area (Å²) in [6, 6.07) is 5.52. The minimum absolute atomic E-state index is 0.0757.